The first-order valence-corrected chi connectivity index (χ1v) is 9.23. The molecule has 1 saturated heterocycles. The van der Waals surface area contributed by atoms with Crippen molar-refractivity contribution in [3.8, 4) is 0 Å². The van der Waals surface area contributed by atoms with Crippen molar-refractivity contribution < 1.29 is 9.59 Å². The van der Waals surface area contributed by atoms with Crippen molar-refractivity contribution in [1.82, 2.24) is 4.90 Å². The number of hydrogen-bond acceptors (Lipinski definition) is 4. The zero-order valence-corrected chi connectivity index (χ0v) is 15.0. The number of nitrogens with one attached hydrogen (secondary N) is 1. The Morgan fingerprint density at radius 2 is 1.88 bits per heavy atom. The smallest absolute Gasteiger partial charge is 0.281 e. The van der Waals surface area contributed by atoms with Crippen molar-refractivity contribution in [1.29, 1.82) is 0 Å². The number of carbonyl (C=O) groups excluding carboxylic acids is 2. The maximum absolute atomic E-state index is 12.3. The Morgan fingerprint density at radius 3 is 2.60 bits per heavy atom. The monoisotopic (exact) mass is 355 g/mol. The molecule has 2 amide bonds. The largest absolute Gasteiger partial charge is 0.343 e. The normalized spacial score (nSPS) is 13.8. The van der Waals surface area contributed by atoms with E-state index in [4.69, 9.17) is 0 Å². The fourth-order valence-corrected chi connectivity index (χ4v) is 3.59. The molecule has 1 fully saturated rings. The van der Waals surface area contributed by atoms with Crippen molar-refractivity contribution in [3.05, 3.63) is 54.6 Å². The van der Waals surface area contributed by atoms with Gasteiger partial charge in [0.1, 0.15) is 0 Å². The second-order valence-corrected chi connectivity index (χ2v) is 6.86. The second-order valence-electron chi connectivity index (χ2n) is 5.81. The van der Waals surface area contributed by atoms with Gasteiger partial charge in [-0.2, -0.15) is 0 Å². The van der Waals surface area contributed by atoms with Crippen LogP contribution in [0.25, 0.3) is 0 Å². The highest BCUT2D eigenvalue weighted by molar-refractivity contribution is 8.13. The number of anilines is 3. The summed E-state index contributed by atoms with van der Waals surface area (Å²) >= 11 is 1.31. The Bertz CT molecular complexity index is 751. The Morgan fingerprint density at radius 1 is 1.16 bits per heavy atom. The molecule has 3 rings (SSSR count). The summed E-state index contributed by atoms with van der Waals surface area (Å²) in [5.74, 6) is 0.726. The topological polar surface area (TPSA) is 52.7 Å². The zero-order valence-electron chi connectivity index (χ0n) is 14.1. The Hall–Kier alpha value is -2.47. The number of hydrogen-bond donors (Lipinski definition) is 1. The summed E-state index contributed by atoms with van der Waals surface area (Å²) in [4.78, 5) is 27.7. The minimum absolute atomic E-state index is 0.0667. The van der Waals surface area contributed by atoms with Gasteiger partial charge in [0.2, 0.25) is 5.91 Å². The van der Waals surface area contributed by atoms with E-state index in [1.54, 1.807) is 4.90 Å². The molecule has 0 spiro atoms. The minimum Gasteiger partial charge on any atom is -0.343 e. The van der Waals surface area contributed by atoms with E-state index in [2.05, 4.69) is 5.32 Å². The third kappa shape index (κ3) is 4.33. The van der Waals surface area contributed by atoms with Gasteiger partial charge in [-0.05, 0) is 24.3 Å². The molecule has 25 heavy (non-hydrogen) atoms. The average molecular weight is 355 g/mol. The van der Waals surface area contributed by atoms with Gasteiger partial charge in [0, 0.05) is 38.0 Å². The number of para-hydroxylation sites is 3. The van der Waals surface area contributed by atoms with Gasteiger partial charge in [0.25, 0.3) is 5.24 Å². The Balaban J connectivity index is 1.66. The van der Waals surface area contributed by atoms with Gasteiger partial charge in [0.15, 0.2) is 0 Å². The quantitative estimate of drug-likeness (QED) is 0.852. The van der Waals surface area contributed by atoms with Crippen LogP contribution in [0.1, 0.15) is 6.42 Å². The van der Waals surface area contributed by atoms with Crippen molar-refractivity contribution in [3.63, 3.8) is 0 Å². The van der Waals surface area contributed by atoms with E-state index < -0.39 is 0 Å². The number of amides is 2. The molecule has 5 nitrogen and oxygen atoms in total. The lowest BCUT2D eigenvalue weighted by molar-refractivity contribution is -0.116. The minimum atomic E-state index is -0.0846. The van der Waals surface area contributed by atoms with E-state index >= 15 is 0 Å². The third-order valence-electron chi connectivity index (χ3n) is 4.14. The number of thioether (sulfide) groups is 1. The van der Waals surface area contributed by atoms with Crippen LogP contribution in [0.15, 0.2) is 54.6 Å². The van der Waals surface area contributed by atoms with Gasteiger partial charge in [-0.1, -0.05) is 42.1 Å². The van der Waals surface area contributed by atoms with E-state index in [-0.39, 0.29) is 11.1 Å². The summed E-state index contributed by atoms with van der Waals surface area (Å²) in [5, 5.41) is 3.04. The molecule has 0 unspecified atom stereocenters. The van der Waals surface area contributed by atoms with Gasteiger partial charge in [-0.25, -0.2) is 0 Å². The summed E-state index contributed by atoms with van der Waals surface area (Å²) in [5.41, 5.74) is 2.74. The molecule has 0 saturated carbocycles. The predicted molar refractivity (Wildman–Crippen MR) is 104 cm³/mol. The lowest BCUT2D eigenvalue weighted by Crippen LogP contribution is -2.28. The van der Waals surface area contributed by atoms with Crippen molar-refractivity contribution >= 4 is 40.0 Å². The molecule has 0 bridgehead atoms. The number of nitrogens with zero attached hydrogens (tertiary/aromatic N) is 2. The van der Waals surface area contributed by atoms with Crippen molar-refractivity contribution in [2.75, 3.05) is 36.1 Å². The molecule has 1 heterocycles. The fraction of sp³-hybridized carbons (Fsp3) is 0.263. The van der Waals surface area contributed by atoms with Gasteiger partial charge < -0.3 is 15.1 Å². The summed E-state index contributed by atoms with van der Waals surface area (Å²) < 4.78 is 0. The van der Waals surface area contributed by atoms with E-state index in [0.29, 0.717) is 13.0 Å². The van der Waals surface area contributed by atoms with Crippen LogP contribution in [-0.4, -0.2) is 41.9 Å². The van der Waals surface area contributed by atoms with E-state index in [1.807, 2.05) is 66.5 Å². The van der Waals surface area contributed by atoms with Crippen LogP contribution >= 0.6 is 11.8 Å². The molecule has 0 atom stereocenters. The second kappa shape index (κ2) is 8.07. The molecule has 0 radical (unpaired) electrons. The summed E-state index contributed by atoms with van der Waals surface area (Å²) in [7, 11) is 1.97. The zero-order chi connectivity index (χ0) is 17.6. The maximum Gasteiger partial charge on any atom is 0.281 e. The first kappa shape index (κ1) is 17.4. The average Bonchev–Trinajstić information content (AvgIpc) is 3.05. The summed E-state index contributed by atoms with van der Waals surface area (Å²) in [6, 6.07) is 17.7. The molecular formula is C19H21N3O2S. The molecule has 1 aliphatic heterocycles. The highest BCUT2D eigenvalue weighted by Crippen LogP contribution is 2.30. The van der Waals surface area contributed by atoms with Gasteiger partial charge in [-0.15, -0.1) is 0 Å². The van der Waals surface area contributed by atoms with Gasteiger partial charge in [-0.3, -0.25) is 9.59 Å². The lowest BCUT2D eigenvalue weighted by atomic mass is 10.2. The molecule has 2 aromatic carbocycles. The fourth-order valence-electron chi connectivity index (χ4n) is 2.74. The van der Waals surface area contributed by atoms with Crippen LogP contribution in [0.2, 0.25) is 0 Å². The number of carbonyl (C=O) groups is 2. The molecule has 1 N–H and O–H groups in total. The SMILES string of the molecule is CN(c1ccccc1)c1ccccc1NC(=O)CCN1CCSC1=O. The highest BCUT2D eigenvalue weighted by Gasteiger charge is 2.21. The van der Waals surface area contributed by atoms with Crippen LogP contribution in [0.3, 0.4) is 0 Å². The number of rotatable bonds is 6. The van der Waals surface area contributed by atoms with Crippen LogP contribution in [0.5, 0.6) is 0 Å². The van der Waals surface area contributed by atoms with E-state index in [9.17, 15) is 9.59 Å². The molecule has 0 aromatic heterocycles. The lowest BCUT2D eigenvalue weighted by Gasteiger charge is -2.23. The van der Waals surface area contributed by atoms with Crippen LogP contribution < -0.4 is 10.2 Å². The van der Waals surface area contributed by atoms with Crippen LogP contribution in [-0.2, 0) is 4.79 Å². The third-order valence-corrected chi connectivity index (χ3v) is 5.03. The van der Waals surface area contributed by atoms with E-state index in [0.717, 1.165) is 29.4 Å². The van der Waals surface area contributed by atoms with Gasteiger partial charge in [0.05, 0.1) is 11.4 Å². The molecule has 6 heteroatoms. The van der Waals surface area contributed by atoms with E-state index in [1.165, 1.54) is 11.8 Å². The van der Waals surface area contributed by atoms with Crippen molar-refractivity contribution in [2.24, 2.45) is 0 Å². The molecule has 130 valence electrons. The van der Waals surface area contributed by atoms with Crippen LogP contribution in [0.4, 0.5) is 21.9 Å². The molecule has 0 aliphatic carbocycles. The number of benzene rings is 2. The molecule has 1 aliphatic rings. The Labute approximate surface area is 152 Å². The maximum atomic E-state index is 12.3. The predicted octanol–water partition coefficient (Wildman–Crippen LogP) is 3.95. The van der Waals surface area contributed by atoms with Crippen molar-refractivity contribution in [2.45, 2.75) is 6.42 Å². The first-order valence-electron chi connectivity index (χ1n) is 8.24. The summed E-state index contributed by atoms with van der Waals surface area (Å²) in [6.45, 7) is 1.19. The van der Waals surface area contributed by atoms with Gasteiger partial charge >= 0.3 is 0 Å². The molecule has 2 aromatic rings. The molecular weight excluding hydrogens is 334 g/mol. The highest BCUT2D eigenvalue weighted by atomic mass is 32.2. The van der Waals surface area contributed by atoms with Crippen LogP contribution in [0, 0.1) is 0 Å². The standard InChI is InChI=1S/C19H21N3O2S/c1-21(15-7-3-2-4-8-15)17-10-6-5-9-16(17)20-18(23)11-12-22-13-14-25-19(22)24/h2-10H,11-14H2,1H3,(H,20,23). The Kier molecular flexibility index (Phi) is 5.60. The first-order chi connectivity index (χ1) is 12.1. The summed E-state index contributed by atoms with van der Waals surface area (Å²) in [6.07, 6.45) is 0.301.